The number of ether oxygens (including phenoxy) is 2. The molecular weight excluding hydrogens is 1660 g/mol. The van der Waals surface area contributed by atoms with E-state index in [0.717, 1.165) is 165 Å². The zero-order valence-corrected chi connectivity index (χ0v) is 86.7. The summed E-state index contributed by atoms with van der Waals surface area (Å²) in [4.78, 5) is 37.8. The Balaban J connectivity index is -0.000000546. The van der Waals surface area contributed by atoms with Crippen LogP contribution in [0.5, 0.6) is 0 Å². The highest BCUT2D eigenvalue weighted by molar-refractivity contribution is 9.09. The Bertz CT molecular complexity index is 2290. The van der Waals surface area contributed by atoms with E-state index in [0.29, 0.717) is 37.0 Å². The van der Waals surface area contributed by atoms with E-state index in [9.17, 15) is 19.5 Å². The van der Waals surface area contributed by atoms with Gasteiger partial charge < -0.3 is 24.6 Å². The molecule has 0 saturated heterocycles. The fourth-order valence-corrected chi connectivity index (χ4v) is 16.3. The van der Waals surface area contributed by atoms with Crippen LogP contribution in [0.3, 0.4) is 0 Å². The molecule has 124 heavy (non-hydrogen) atoms. The minimum Gasteiger partial charge on any atom is -0.481 e. The summed E-state index contributed by atoms with van der Waals surface area (Å²) in [6.07, 6.45) is 127. The quantitative estimate of drug-likeness (QED) is 0.0268. The van der Waals surface area contributed by atoms with Crippen molar-refractivity contribution in [3.8, 4) is 0 Å². The van der Waals surface area contributed by atoms with Crippen LogP contribution >= 0.6 is 31.9 Å². The van der Waals surface area contributed by atoms with E-state index >= 15 is 0 Å². The lowest BCUT2D eigenvalue weighted by molar-refractivity contribution is -0.153. The van der Waals surface area contributed by atoms with Gasteiger partial charge in [-0.1, -0.05) is 327 Å². The molecule has 0 radical (unpaired) electrons. The van der Waals surface area contributed by atoms with Crippen molar-refractivity contribution in [1.82, 2.24) is 4.90 Å². The minimum atomic E-state index is -0.703. The second-order valence-electron chi connectivity index (χ2n) is 35.9. The third-order valence-electron chi connectivity index (χ3n) is 23.5. The molecule has 8 nitrogen and oxygen atoms in total. The van der Waals surface area contributed by atoms with E-state index in [1.54, 1.807) is 0 Å². The molecule has 0 aromatic carbocycles. The predicted molar refractivity (Wildman–Crippen MR) is 562 cm³/mol. The van der Waals surface area contributed by atoms with E-state index in [-0.39, 0.29) is 37.7 Å². The van der Waals surface area contributed by atoms with E-state index in [2.05, 4.69) is 223 Å². The third kappa shape index (κ3) is 108. The van der Waals surface area contributed by atoms with Crippen molar-refractivity contribution in [2.75, 3.05) is 31.3 Å². The van der Waals surface area contributed by atoms with Gasteiger partial charge in [0.2, 0.25) is 0 Å². The summed E-state index contributed by atoms with van der Waals surface area (Å²) in [6, 6.07) is 0. The molecule has 0 heterocycles. The van der Waals surface area contributed by atoms with Crippen LogP contribution in [-0.4, -0.2) is 82.6 Å². The molecule has 0 amide bonds. The molecule has 0 aromatic heterocycles. The lowest BCUT2D eigenvalue weighted by Gasteiger charge is -2.27. The van der Waals surface area contributed by atoms with Gasteiger partial charge in [0.05, 0.1) is 6.10 Å². The lowest BCUT2D eigenvalue weighted by Crippen LogP contribution is -2.27. The van der Waals surface area contributed by atoms with Gasteiger partial charge in [0.15, 0.2) is 0 Å². The molecule has 0 fully saturated rings. The van der Waals surface area contributed by atoms with Gasteiger partial charge in [0, 0.05) is 29.9 Å². The van der Waals surface area contributed by atoms with Gasteiger partial charge in [-0.25, -0.2) is 0 Å². The zero-order valence-electron chi connectivity index (χ0n) is 83.5. The highest BCUT2D eigenvalue weighted by atomic mass is 79.9. The average molecular weight is 1870 g/mol. The van der Waals surface area contributed by atoms with Crippen LogP contribution in [0.15, 0.2) is 109 Å². The van der Waals surface area contributed by atoms with Crippen molar-refractivity contribution in [3.63, 3.8) is 0 Å². The molecule has 0 rings (SSSR count). The number of aliphatic hydroxyl groups excluding tert-OH is 1. The number of esters is 2. The predicted octanol–water partition coefficient (Wildman–Crippen LogP) is 38.3. The zero-order chi connectivity index (χ0) is 90.9. The Hall–Kier alpha value is -3.05. The van der Waals surface area contributed by atoms with E-state index in [1.807, 2.05) is 0 Å². The number of nitrogens with zero attached hydrogens (tertiary/aromatic N) is 1. The minimum absolute atomic E-state index is 0. The van der Waals surface area contributed by atoms with Crippen LogP contribution in [0, 0.1) is 17.8 Å². The van der Waals surface area contributed by atoms with Crippen LogP contribution < -0.4 is 0 Å². The van der Waals surface area contributed by atoms with Gasteiger partial charge in [0.25, 0.3) is 0 Å². The number of halogens is 2. The van der Waals surface area contributed by atoms with Gasteiger partial charge in [0.1, 0.15) is 12.2 Å². The first-order chi connectivity index (χ1) is 60.3. The molecule has 0 aliphatic rings. The number of unbranched alkanes of at least 4 members (excludes halogenated alkanes) is 39. The van der Waals surface area contributed by atoms with Crippen molar-refractivity contribution in [2.45, 2.75) is 550 Å². The van der Waals surface area contributed by atoms with Gasteiger partial charge in [-0.15, -0.1) is 0 Å². The normalized spacial score (nSPS) is 12.7. The van der Waals surface area contributed by atoms with E-state index in [4.69, 9.17) is 14.6 Å². The van der Waals surface area contributed by atoms with Gasteiger partial charge in [-0.05, 0) is 366 Å². The molecule has 730 valence electrons. The Labute approximate surface area is 792 Å². The van der Waals surface area contributed by atoms with Crippen molar-refractivity contribution < 1.29 is 34.1 Å². The molecule has 3 unspecified atom stereocenters. The second-order valence-corrected chi connectivity index (χ2v) is 37.5. The molecule has 10 heteroatoms. The molecule has 0 saturated carbocycles. The van der Waals surface area contributed by atoms with Gasteiger partial charge in [-0.3, -0.25) is 14.4 Å². The summed E-state index contributed by atoms with van der Waals surface area (Å²) < 4.78 is 12.6. The molecule has 0 aromatic rings. The fourth-order valence-electron chi connectivity index (χ4n) is 15.5. The van der Waals surface area contributed by atoms with E-state index in [1.165, 1.54) is 295 Å². The summed E-state index contributed by atoms with van der Waals surface area (Å²) in [7, 11) is 4.19. The number of allylic oxidation sites excluding steroid dienone is 18. The lowest BCUT2D eigenvalue weighted by atomic mass is 9.87. The highest BCUT2D eigenvalue weighted by Crippen LogP contribution is 2.31. The van der Waals surface area contributed by atoms with Gasteiger partial charge in [-0.2, -0.15) is 0 Å². The number of alkyl halides is 2. The van der Waals surface area contributed by atoms with Crippen LogP contribution in [0.2, 0.25) is 0 Å². The molecule has 0 bridgehead atoms. The number of carboxylic acid groups (broad SMARTS) is 1. The Morgan fingerprint density at radius 1 is 0.258 bits per heavy atom. The fraction of sp³-hybridized carbons (Fsp3) is 0.816. The molecule has 2 N–H and O–H groups in total. The smallest absolute Gasteiger partial charge is 0.306 e. The SMILES string of the molecule is C.CCCCC/C=C\CCCC(CCC/C=C\CCCCC)C(CCC/C=C\CCCCC)OC(=O)CCCCBr.CCCCC/C=C\CCCC(CCC/C=C\CCCCC)C(CCC/C=C\CCCCC)OC(=O)CCCCN(C)C.CCCCC/C=C\CCCC(O)C(CCC/C=C\CCCCC)CCC/C=C\CCCCC.O=C(O)CCCCBr. The number of rotatable bonds is 90. The summed E-state index contributed by atoms with van der Waals surface area (Å²) in [5.41, 5.74) is 0. The molecule has 0 spiro atoms. The Morgan fingerprint density at radius 3 is 0.661 bits per heavy atom. The number of carbonyl (C=O) groups excluding carboxylic acids is 2. The molecule has 3 atom stereocenters. The van der Waals surface area contributed by atoms with Crippen molar-refractivity contribution in [3.05, 3.63) is 109 Å². The first kappa shape index (κ1) is 129. The summed E-state index contributed by atoms with van der Waals surface area (Å²) in [5.74, 6) is 0.733. The maximum absolute atomic E-state index is 13.0. The second kappa shape index (κ2) is 114. The number of carboxylic acids is 1. The van der Waals surface area contributed by atoms with Crippen LogP contribution in [0.4, 0.5) is 0 Å². The van der Waals surface area contributed by atoms with Crippen LogP contribution in [0.1, 0.15) is 532 Å². The van der Waals surface area contributed by atoms with Gasteiger partial charge >= 0.3 is 17.9 Å². The van der Waals surface area contributed by atoms with Crippen LogP contribution in [-0.2, 0) is 23.9 Å². The maximum atomic E-state index is 13.0. The first-order valence-electron chi connectivity index (χ1n) is 53.2. The van der Waals surface area contributed by atoms with Crippen molar-refractivity contribution >= 4 is 49.8 Å². The third-order valence-corrected chi connectivity index (χ3v) is 24.6. The maximum Gasteiger partial charge on any atom is 0.306 e. The van der Waals surface area contributed by atoms with Crippen molar-refractivity contribution in [1.29, 1.82) is 0 Å². The summed E-state index contributed by atoms with van der Waals surface area (Å²) in [5, 5.41) is 20.9. The number of hydrogen-bond acceptors (Lipinski definition) is 7. The topological polar surface area (TPSA) is 113 Å². The standard InChI is InChI=1S/C39H73NO2.C37H67BrO2.C32H60O.C5H9BrO2.CH4/c1-6-9-12-15-18-21-24-27-32-37(33-28-25-22-19-16-13-10-7-2)38(34-29-26-23-20-17-14-11-8-3)42-39(41)35-30-31-36-40(4)5;1-4-7-10-13-16-19-22-25-30-35(31-26-23-20-17-14-11-8-5-2)36(40-37(39)33-28-29-34-38)32-27-24-21-18-15-12-9-6-3;1-4-7-10-13-16-19-22-25-28-31(29-26-23-20-17-14-11-8-5-2)32(33)30-27-24-21-18-15-12-9-6-3;6-4-2-1-3-5(7)8;/h18-23,37-38H,6-17,24-36H2,1-5H3;16-21,35-36H,4-15,22-34H2,1-3H3;16-21,31-33H,4-15,22-30H2,1-3H3;1-4H2,(H,7,8);1H4/b21-18-,22-19-,23-20-;2*19-16-,20-17-,21-18-;;. The number of carbonyl (C=O) groups is 3. The highest BCUT2D eigenvalue weighted by Gasteiger charge is 2.26. The van der Waals surface area contributed by atoms with Crippen LogP contribution in [0.25, 0.3) is 0 Å². The van der Waals surface area contributed by atoms with Crippen molar-refractivity contribution in [2.24, 2.45) is 17.8 Å². The Morgan fingerprint density at radius 2 is 0.452 bits per heavy atom. The number of aliphatic hydroxyl groups is 1. The summed E-state index contributed by atoms with van der Waals surface area (Å²) in [6.45, 7) is 21.4. The largest absolute Gasteiger partial charge is 0.481 e. The number of hydrogen-bond donors (Lipinski definition) is 2. The molecule has 0 aliphatic heterocycles. The first-order valence-corrected chi connectivity index (χ1v) is 55.4. The number of aliphatic carboxylic acids is 1. The molecular formula is C114H213Br2NO7. The average Bonchev–Trinajstić information content (AvgIpc) is 0.910. The molecule has 0 aliphatic carbocycles. The Kier molecular flexibility index (Phi) is 119. The summed E-state index contributed by atoms with van der Waals surface area (Å²) >= 11 is 6.70. The van der Waals surface area contributed by atoms with E-state index < -0.39 is 5.97 Å². The monoisotopic (exact) mass is 1870 g/mol.